The van der Waals surface area contributed by atoms with E-state index >= 15 is 0 Å². The summed E-state index contributed by atoms with van der Waals surface area (Å²) in [5.41, 5.74) is 5.96. The molecular weight excluding hydrogens is 122 g/mol. The highest BCUT2D eigenvalue weighted by molar-refractivity contribution is 5.09. The van der Waals surface area contributed by atoms with Crippen molar-refractivity contribution in [2.24, 2.45) is 17.1 Å². The van der Waals surface area contributed by atoms with E-state index in [1.807, 2.05) is 0 Å². The number of nitrogens with two attached hydrogens (primary N) is 1. The van der Waals surface area contributed by atoms with Crippen LogP contribution in [-0.2, 0) is 0 Å². The second-order valence-corrected chi connectivity index (χ2v) is 3.18. The number of terminal acetylenes is 1. The van der Waals surface area contributed by atoms with Crippen LogP contribution in [0.3, 0.4) is 0 Å². The molecular formula is C9H15N. The van der Waals surface area contributed by atoms with Crippen molar-refractivity contribution in [3.63, 3.8) is 0 Å². The molecule has 1 heteroatoms. The van der Waals surface area contributed by atoms with E-state index in [1.54, 1.807) is 0 Å². The van der Waals surface area contributed by atoms with Crippen molar-refractivity contribution in [2.75, 3.05) is 6.54 Å². The minimum Gasteiger partial charge on any atom is -0.330 e. The summed E-state index contributed by atoms with van der Waals surface area (Å²) < 4.78 is 0. The maximum atomic E-state index is 5.65. The van der Waals surface area contributed by atoms with Gasteiger partial charge in [-0.15, -0.1) is 12.3 Å². The van der Waals surface area contributed by atoms with Crippen molar-refractivity contribution in [3.8, 4) is 12.3 Å². The van der Waals surface area contributed by atoms with E-state index in [2.05, 4.69) is 12.8 Å². The van der Waals surface area contributed by atoms with E-state index in [-0.39, 0.29) is 0 Å². The molecule has 0 aliphatic heterocycles. The van der Waals surface area contributed by atoms with Crippen LogP contribution in [0.25, 0.3) is 0 Å². The number of hydrogen-bond donors (Lipinski definition) is 1. The number of rotatable bonds is 2. The Morgan fingerprint density at radius 2 is 2.50 bits per heavy atom. The van der Waals surface area contributed by atoms with Crippen molar-refractivity contribution >= 4 is 0 Å². The first-order valence-electron chi connectivity index (χ1n) is 3.95. The van der Waals surface area contributed by atoms with Gasteiger partial charge in [-0.3, -0.25) is 0 Å². The molecule has 1 aliphatic rings. The maximum Gasteiger partial charge on any atom is 0.0268 e. The zero-order chi connectivity index (χ0) is 7.61. The van der Waals surface area contributed by atoms with Gasteiger partial charge < -0.3 is 5.73 Å². The van der Waals surface area contributed by atoms with Crippen LogP contribution in [0.2, 0.25) is 0 Å². The average molecular weight is 137 g/mol. The third-order valence-electron chi connectivity index (χ3n) is 2.98. The van der Waals surface area contributed by atoms with Crippen molar-refractivity contribution in [3.05, 3.63) is 0 Å². The summed E-state index contributed by atoms with van der Waals surface area (Å²) in [6, 6.07) is 0. The Morgan fingerprint density at radius 1 is 1.80 bits per heavy atom. The van der Waals surface area contributed by atoms with E-state index in [0.29, 0.717) is 11.3 Å². The van der Waals surface area contributed by atoms with Gasteiger partial charge in [-0.2, -0.15) is 0 Å². The van der Waals surface area contributed by atoms with Gasteiger partial charge in [0.2, 0.25) is 0 Å². The van der Waals surface area contributed by atoms with Crippen molar-refractivity contribution in [2.45, 2.75) is 26.2 Å². The summed E-state index contributed by atoms with van der Waals surface area (Å²) in [5.74, 6) is 3.27. The van der Waals surface area contributed by atoms with Gasteiger partial charge >= 0.3 is 0 Å². The third kappa shape index (κ3) is 0.839. The van der Waals surface area contributed by atoms with Gasteiger partial charge in [0.05, 0.1) is 0 Å². The van der Waals surface area contributed by atoms with Gasteiger partial charge in [-0.05, 0) is 31.2 Å². The molecule has 0 aromatic rings. The van der Waals surface area contributed by atoms with Gasteiger partial charge in [0.1, 0.15) is 0 Å². The zero-order valence-electron chi connectivity index (χ0n) is 6.56. The Labute approximate surface area is 63.0 Å². The third-order valence-corrected chi connectivity index (χ3v) is 2.98. The quantitative estimate of drug-likeness (QED) is 0.572. The summed E-state index contributed by atoms with van der Waals surface area (Å²) in [6.07, 6.45) is 8.91. The lowest BCUT2D eigenvalue weighted by Gasteiger charge is -2.46. The molecule has 1 rings (SSSR count). The molecule has 1 fully saturated rings. The summed E-state index contributed by atoms with van der Waals surface area (Å²) in [4.78, 5) is 0. The molecule has 0 aromatic carbocycles. The van der Waals surface area contributed by atoms with Crippen LogP contribution in [0, 0.1) is 23.7 Å². The highest BCUT2D eigenvalue weighted by atomic mass is 14.6. The Hall–Kier alpha value is -0.480. The highest BCUT2D eigenvalue weighted by Gasteiger charge is 2.42. The van der Waals surface area contributed by atoms with E-state index < -0.39 is 0 Å². The Kier molecular flexibility index (Phi) is 2.01. The van der Waals surface area contributed by atoms with Crippen LogP contribution in [0.5, 0.6) is 0 Å². The van der Waals surface area contributed by atoms with E-state index in [9.17, 15) is 0 Å². The minimum atomic E-state index is 0.314. The molecule has 10 heavy (non-hydrogen) atoms. The lowest BCUT2D eigenvalue weighted by molar-refractivity contribution is 0.0784. The normalized spacial score (nSPS) is 38.3. The maximum absolute atomic E-state index is 5.65. The first-order valence-corrected chi connectivity index (χ1v) is 3.95. The van der Waals surface area contributed by atoms with Crippen molar-refractivity contribution in [1.82, 2.24) is 0 Å². The minimum absolute atomic E-state index is 0.314. The molecule has 1 nitrogen and oxygen atoms in total. The van der Waals surface area contributed by atoms with Crippen LogP contribution < -0.4 is 5.73 Å². The second-order valence-electron chi connectivity index (χ2n) is 3.18. The van der Waals surface area contributed by atoms with Crippen molar-refractivity contribution < 1.29 is 0 Å². The SMILES string of the molecule is C#C[C@H]1CCC1(CC)CN. The highest BCUT2D eigenvalue weighted by Crippen LogP contribution is 2.47. The molecule has 0 saturated heterocycles. The van der Waals surface area contributed by atoms with Gasteiger partial charge in [0.15, 0.2) is 0 Å². The fourth-order valence-electron chi connectivity index (χ4n) is 1.77. The van der Waals surface area contributed by atoms with Gasteiger partial charge in [0, 0.05) is 5.92 Å². The summed E-state index contributed by atoms with van der Waals surface area (Å²) >= 11 is 0. The average Bonchev–Trinajstić information content (AvgIpc) is 1.90. The van der Waals surface area contributed by atoms with Gasteiger partial charge in [0.25, 0.3) is 0 Å². The molecule has 1 aliphatic carbocycles. The van der Waals surface area contributed by atoms with E-state index in [1.165, 1.54) is 12.8 Å². The molecule has 1 saturated carbocycles. The molecule has 2 N–H and O–H groups in total. The van der Waals surface area contributed by atoms with E-state index in [0.717, 1.165) is 13.0 Å². The standard InChI is InChI=1S/C9H15N/c1-3-8-5-6-9(8,4-2)7-10/h1,8H,4-7,10H2,2H3/t8-,9?/m0/s1. The number of hydrogen-bond acceptors (Lipinski definition) is 1. The smallest absolute Gasteiger partial charge is 0.0268 e. The van der Waals surface area contributed by atoms with E-state index in [4.69, 9.17) is 12.2 Å². The predicted molar refractivity (Wildman–Crippen MR) is 43.3 cm³/mol. The molecule has 0 aromatic heterocycles. The molecule has 0 heterocycles. The molecule has 56 valence electrons. The largest absolute Gasteiger partial charge is 0.330 e. The molecule has 0 radical (unpaired) electrons. The molecule has 0 spiro atoms. The predicted octanol–water partition coefficient (Wildman–Crippen LogP) is 1.38. The van der Waals surface area contributed by atoms with Crippen LogP contribution in [0.15, 0.2) is 0 Å². The Morgan fingerprint density at radius 3 is 2.60 bits per heavy atom. The lowest BCUT2D eigenvalue weighted by Crippen LogP contribution is -2.44. The first kappa shape index (κ1) is 7.63. The van der Waals surface area contributed by atoms with Gasteiger partial charge in [-0.1, -0.05) is 6.92 Å². The molecule has 0 bridgehead atoms. The molecule has 2 atom stereocenters. The second kappa shape index (κ2) is 2.64. The fourth-order valence-corrected chi connectivity index (χ4v) is 1.77. The lowest BCUT2D eigenvalue weighted by atomic mass is 9.59. The van der Waals surface area contributed by atoms with Crippen molar-refractivity contribution in [1.29, 1.82) is 0 Å². The van der Waals surface area contributed by atoms with Crippen LogP contribution >= 0.6 is 0 Å². The van der Waals surface area contributed by atoms with Gasteiger partial charge in [-0.25, -0.2) is 0 Å². The first-order chi connectivity index (χ1) is 4.79. The monoisotopic (exact) mass is 137 g/mol. The van der Waals surface area contributed by atoms with Crippen LogP contribution in [0.4, 0.5) is 0 Å². The Balaban J connectivity index is 2.59. The fraction of sp³-hybridized carbons (Fsp3) is 0.778. The topological polar surface area (TPSA) is 26.0 Å². The molecule has 0 amide bonds. The van der Waals surface area contributed by atoms with Crippen LogP contribution in [0.1, 0.15) is 26.2 Å². The molecule has 1 unspecified atom stereocenters. The van der Waals surface area contributed by atoms with Crippen LogP contribution in [-0.4, -0.2) is 6.54 Å². The summed E-state index contributed by atoms with van der Waals surface area (Å²) in [7, 11) is 0. The summed E-state index contributed by atoms with van der Waals surface area (Å²) in [6.45, 7) is 2.94. The zero-order valence-corrected chi connectivity index (χ0v) is 6.56. The Bertz CT molecular complexity index is 145. The summed E-state index contributed by atoms with van der Waals surface area (Å²) in [5, 5.41) is 0.